The molecule has 2 aliphatic heterocycles. The summed E-state index contributed by atoms with van der Waals surface area (Å²) >= 11 is 0. The molecule has 2 aromatic carbocycles. The lowest BCUT2D eigenvalue weighted by atomic mass is 9.84. The van der Waals surface area contributed by atoms with Crippen LogP contribution >= 0.6 is 0 Å². The molecule has 0 spiro atoms. The summed E-state index contributed by atoms with van der Waals surface area (Å²) in [6.07, 6.45) is -17.9. The molecule has 2 amide bonds. The van der Waals surface area contributed by atoms with Crippen LogP contribution in [0.5, 0.6) is 0 Å². The van der Waals surface area contributed by atoms with Gasteiger partial charge in [-0.1, -0.05) is 0 Å². The first kappa shape index (κ1) is 50.7. The highest BCUT2D eigenvalue weighted by atomic mass is 19.4. The zero-order valence-electron chi connectivity index (χ0n) is 34.0. The Labute approximate surface area is 340 Å². The quantitative estimate of drug-likeness (QED) is 0.159. The SMILES string of the molecule is CNC(=O)C[C@@H]1CC[C@](C)(CO[C@H](C)c2cc(C(F)(F)F)cc(C(F)(F)F)c2)NC1.CNC(=O)C[C@H]1CC[C@](C)(CO[C@H](C)c2cc(C(F)(F)F)cc(C(F)(F)F)c2)NC1. The Morgan fingerprint density at radius 3 is 1.10 bits per heavy atom. The summed E-state index contributed by atoms with van der Waals surface area (Å²) < 4.78 is 168. The van der Waals surface area contributed by atoms with Crippen LogP contribution in [0.3, 0.4) is 0 Å². The van der Waals surface area contributed by atoms with Crippen LogP contribution in [-0.2, 0) is 43.8 Å². The minimum atomic E-state index is -4.90. The molecule has 0 aliphatic carbocycles. The molecule has 2 fully saturated rings. The van der Waals surface area contributed by atoms with Crippen molar-refractivity contribution in [2.24, 2.45) is 11.8 Å². The second kappa shape index (κ2) is 20.0. The zero-order chi connectivity index (χ0) is 45.5. The van der Waals surface area contributed by atoms with Gasteiger partial charge in [0.1, 0.15) is 0 Å². The van der Waals surface area contributed by atoms with Crippen molar-refractivity contribution in [3.63, 3.8) is 0 Å². The van der Waals surface area contributed by atoms with Crippen molar-refractivity contribution in [1.82, 2.24) is 21.3 Å². The zero-order valence-corrected chi connectivity index (χ0v) is 34.0. The first-order chi connectivity index (χ1) is 27.5. The molecule has 340 valence electrons. The Morgan fingerprint density at radius 2 is 0.883 bits per heavy atom. The second-order valence-corrected chi connectivity index (χ2v) is 16.0. The topological polar surface area (TPSA) is 101 Å². The van der Waals surface area contributed by atoms with Gasteiger partial charge in [-0.05, 0) is 126 Å². The van der Waals surface area contributed by atoms with E-state index in [0.717, 1.165) is 12.8 Å². The lowest BCUT2D eigenvalue weighted by Gasteiger charge is -2.39. The van der Waals surface area contributed by atoms with E-state index < -0.39 is 70.2 Å². The largest absolute Gasteiger partial charge is 0.416 e. The number of carbonyl (C=O) groups excluding carboxylic acids is 2. The van der Waals surface area contributed by atoms with E-state index in [1.807, 2.05) is 13.8 Å². The van der Waals surface area contributed by atoms with Gasteiger partial charge >= 0.3 is 24.7 Å². The van der Waals surface area contributed by atoms with E-state index in [-0.39, 0.29) is 60.1 Å². The number of amides is 2. The van der Waals surface area contributed by atoms with Gasteiger partial charge in [-0.2, -0.15) is 52.7 Å². The van der Waals surface area contributed by atoms with Crippen LogP contribution in [0.25, 0.3) is 0 Å². The molecule has 60 heavy (non-hydrogen) atoms. The van der Waals surface area contributed by atoms with Gasteiger partial charge < -0.3 is 30.7 Å². The molecular formula is C40H52F12N4O4. The van der Waals surface area contributed by atoms with Gasteiger partial charge in [0.2, 0.25) is 11.8 Å². The van der Waals surface area contributed by atoms with Gasteiger partial charge in [0.15, 0.2) is 0 Å². The number of halogens is 12. The fourth-order valence-electron chi connectivity index (χ4n) is 6.77. The van der Waals surface area contributed by atoms with Gasteiger partial charge in [0.05, 0.1) is 47.7 Å². The van der Waals surface area contributed by atoms with Gasteiger partial charge in [0, 0.05) is 38.0 Å². The number of piperidine rings is 2. The minimum absolute atomic E-state index is 0.0553. The normalized spacial score (nSPS) is 23.8. The molecule has 0 saturated carbocycles. The summed E-state index contributed by atoms with van der Waals surface area (Å²) in [6.45, 7) is 7.97. The molecule has 2 aromatic rings. The fourth-order valence-corrected chi connectivity index (χ4v) is 6.77. The summed E-state index contributed by atoms with van der Waals surface area (Å²) in [7, 11) is 3.13. The van der Waals surface area contributed by atoms with Crippen molar-refractivity contribution in [2.75, 3.05) is 40.4 Å². The molecule has 0 radical (unpaired) electrons. The van der Waals surface area contributed by atoms with Crippen LogP contribution in [-0.4, -0.2) is 63.3 Å². The van der Waals surface area contributed by atoms with Crippen LogP contribution < -0.4 is 21.3 Å². The van der Waals surface area contributed by atoms with Crippen molar-refractivity contribution < 1.29 is 71.7 Å². The van der Waals surface area contributed by atoms with Crippen molar-refractivity contribution in [3.8, 4) is 0 Å². The number of carbonyl (C=O) groups is 2. The summed E-state index contributed by atoms with van der Waals surface area (Å²) in [5.41, 5.74) is -6.78. The van der Waals surface area contributed by atoms with Gasteiger partial charge in [0.25, 0.3) is 0 Å². The van der Waals surface area contributed by atoms with Gasteiger partial charge in [-0.3, -0.25) is 9.59 Å². The number of hydrogen-bond acceptors (Lipinski definition) is 6. The van der Waals surface area contributed by atoms with Gasteiger partial charge in [-0.25, -0.2) is 0 Å². The minimum Gasteiger partial charge on any atom is -0.372 e. The van der Waals surface area contributed by atoms with Crippen LogP contribution in [0.4, 0.5) is 52.7 Å². The average molecular weight is 881 g/mol. The number of nitrogens with one attached hydrogen (secondary N) is 4. The average Bonchev–Trinajstić information content (AvgIpc) is 3.16. The van der Waals surface area contributed by atoms with Crippen LogP contribution in [0.2, 0.25) is 0 Å². The Balaban J connectivity index is 0.000000320. The number of ether oxygens (including phenoxy) is 2. The highest BCUT2D eigenvalue weighted by Crippen LogP contribution is 2.40. The maximum Gasteiger partial charge on any atom is 0.416 e. The third kappa shape index (κ3) is 15.4. The molecule has 8 nitrogen and oxygen atoms in total. The Morgan fingerprint density at radius 1 is 0.600 bits per heavy atom. The van der Waals surface area contributed by atoms with Crippen molar-refractivity contribution in [3.05, 3.63) is 69.8 Å². The molecule has 2 aliphatic rings. The molecule has 0 unspecified atom stereocenters. The van der Waals surface area contributed by atoms with E-state index in [0.29, 0.717) is 63.0 Å². The number of benzene rings is 2. The van der Waals surface area contributed by atoms with E-state index in [1.165, 1.54) is 13.8 Å². The summed E-state index contributed by atoms with van der Waals surface area (Å²) in [5, 5.41) is 11.7. The predicted octanol–water partition coefficient (Wildman–Crippen LogP) is 9.39. The molecule has 6 atom stereocenters. The van der Waals surface area contributed by atoms with E-state index in [1.54, 1.807) is 14.1 Å². The molecule has 4 rings (SSSR count). The monoisotopic (exact) mass is 880 g/mol. The lowest BCUT2D eigenvalue weighted by Crippen LogP contribution is -2.52. The Bertz CT molecular complexity index is 1540. The first-order valence-electron chi connectivity index (χ1n) is 19.2. The molecule has 4 N–H and O–H groups in total. The number of hydrogen-bond donors (Lipinski definition) is 4. The van der Waals surface area contributed by atoms with E-state index in [9.17, 15) is 62.3 Å². The molecule has 2 saturated heterocycles. The highest BCUT2D eigenvalue weighted by molar-refractivity contribution is 5.76. The third-order valence-corrected chi connectivity index (χ3v) is 10.8. The van der Waals surface area contributed by atoms with Crippen LogP contribution in [0, 0.1) is 11.8 Å². The van der Waals surface area contributed by atoms with Crippen LogP contribution in [0.1, 0.15) is 112 Å². The number of alkyl halides is 12. The molecule has 20 heteroatoms. The second-order valence-electron chi connectivity index (χ2n) is 16.0. The summed E-state index contributed by atoms with van der Waals surface area (Å²) in [4.78, 5) is 23.0. The standard InChI is InChI=1S/2C20H26F6N2O2/c2*1-12(14-7-15(19(21,22)23)9-16(8-14)20(24,25)26)30-11-18(2)5-4-13(10-28-18)6-17(29)27-3/h2*7-9,12-13,28H,4-6,10-11H2,1-3H3,(H,27,29)/t12-,13+,18-;12-,13-,18-/m11/s1. The molecule has 0 aromatic heterocycles. The van der Waals surface area contributed by atoms with E-state index >= 15 is 0 Å². The molecular weight excluding hydrogens is 828 g/mol. The Hall–Kier alpha value is -3.62. The maximum absolute atomic E-state index is 13.0. The van der Waals surface area contributed by atoms with Crippen molar-refractivity contribution in [2.45, 2.75) is 114 Å². The van der Waals surface area contributed by atoms with E-state index in [2.05, 4.69) is 21.3 Å². The van der Waals surface area contributed by atoms with Crippen molar-refractivity contribution in [1.29, 1.82) is 0 Å². The molecule has 0 bridgehead atoms. The lowest BCUT2D eigenvalue weighted by molar-refractivity contribution is -0.145. The summed E-state index contributed by atoms with van der Waals surface area (Å²) in [5.74, 6) is 0.210. The Kier molecular flexibility index (Phi) is 17.0. The predicted molar refractivity (Wildman–Crippen MR) is 197 cm³/mol. The van der Waals surface area contributed by atoms with Crippen LogP contribution in [0.15, 0.2) is 36.4 Å². The maximum atomic E-state index is 13.0. The van der Waals surface area contributed by atoms with Gasteiger partial charge in [-0.15, -0.1) is 0 Å². The fraction of sp³-hybridized carbons (Fsp3) is 0.650. The first-order valence-corrected chi connectivity index (χ1v) is 19.2. The third-order valence-electron chi connectivity index (χ3n) is 10.8. The summed E-state index contributed by atoms with van der Waals surface area (Å²) in [6, 6.07) is 2.97. The highest BCUT2D eigenvalue weighted by Gasteiger charge is 2.40. The molecule has 2 heterocycles. The van der Waals surface area contributed by atoms with Crippen molar-refractivity contribution >= 4 is 11.8 Å². The number of rotatable bonds is 12. The smallest absolute Gasteiger partial charge is 0.372 e. The van der Waals surface area contributed by atoms with E-state index in [4.69, 9.17) is 9.47 Å².